The summed E-state index contributed by atoms with van der Waals surface area (Å²) in [6.07, 6.45) is 1.59. The number of hydrogen-bond acceptors (Lipinski definition) is 2. The highest BCUT2D eigenvalue weighted by Gasteiger charge is 2.02. The summed E-state index contributed by atoms with van der Waals surface area (Å²) in [7, 11) is 0. The van der Waals surface area contributed by atoms with Crippen molar-refractivity contribution in [1.29, 1.82) is 0 Å². The minimum Gasteiger partial charge on any atom is -0.481 e. The molecule has 0 saturated heterocycles. The highest BCUT2D eigenvalue weighted by atomic mass is 35.5. The molecule has 0 atom stereocenters. The van der Waals surface area contributed by atoms with Gasteiger partial charge in [0.1, 0.15) is 0 Å². The topological polar surface area (TPSA) is 50.2 Å². The largest absolute Gasteiger partial charge is 0.481 e. The molecule has 2 aromatic rings. The predicted octanol–water partition coefficient (Wildman–Crippen LogP) is 2.52. The maximum atomic E-state index is 10.5. The first-order valence-electron chi connectivity index (χ1n) is 4.41. The van der Waals surface area contributed by atoms with Gasteiger partial charge in [-0.2, -0.15) is 0 Å². The molecule has 0 saturated carbocycles. The lowest BCUT2D eigenvalue weighted by Gasteiger charge is -2.00. The molecule has 4 heteroatoms. The van der Waals surface area contributed by atoms with E-state index in [1.54, 1.807) is 30.5 Å². The normalized spacial score (nSPS) is 10.5. The summed E-state index contributed by atoms with van der Waals surface area (Å²) >= 11 is 5.80. The van der Waals surface area contributed by atoms with Gasteiger partial charge >= 0.3 is 5.97 Å². The molecule has 0 amide bonds. The van der Waals surface area contributed by atoms with Crippen molar-refractivity contribution in [2.24, 2.45) is 0 Å². The molecular weight excluding hydrogens is 214 g/mol. The van der Waals surface area contributed by atoms with Gasteiger partial charge in [0.25, 0.3) is 0 Å². The van der Waals surface area contributed by atoms with E-state index >= 15 is 0 Å². The average molecular weight is 222 g/mol. The summed E-state index contributed by atoms with van der Waals surface area (Å²) in [5, 5.41) is 10.1. The first kappa shape index (κ1) is 9.93. The van der Waals surface area contributed by atoms with Crippen LogP contribution >= 0.6 is 11.6 Å². The van der Waals surface area contributed by atoms with E-state index in [0.29, 0.717) is 5.02 Å². The van der Waals surface area contributed by atoms with E-state index < -0.39 is 5.97 Å². The van der Waals surface area contributed by atoms with Crippen LogP contribution in [0.4, 0.5) is 0 Å². The zero-order chi connectivity index (χ0) is 10.8. The van der Waals surface area contributed by atoms with Crippen molar-refractivity contribution in [3.63, 3.8) is 0 Å². The SMILES string of the molecule is O=C(O)Cc1ccc2ncc(Cl)cc2c1. The van der Waals surface area contributed by atoms with Crippen molar-refractivity contribution in [2.45, 2.75) is 6.42 Å². The Hall–Kier alpha value is -1.61. The lowest BCUT2D eigenvalue weighted by Crippen LogP contribution is -1.99. The standard InChI is InChI=1S/C11H8ClNO2/c12-9-5-8-3-7(4-11(14)15)1-2-10(8)13-6-9/h1-3,5-6H,4H2,(H,14,15). The lowest BCUT2D eigenvalue weighted by atomic mass is 10.1. The predicted molar refractivity (Wildman–Crippen MR) is 58.1 cm³/mol. The second-order valence-electron chi connectivity index (χ2n) is 3.25. The van der Waals surface area contributed by atoms with Crippen molar-refractivity contribution < 1.29 is 9.90 Å². The number of aromatic nitrogens is 1. The van der Waals surface area contributed by atoms with E-state index in [9.17, 15) is 4.79 Å². The van der Waals surface area contributed by atoms with E-state index in [0.717, 1.165) is 16.5 Å². The summed E-state index contributed by atoms with van der Waals surface area (Å²) < 4.78 is 0. The first-order chi connectivity index (χ1) is 7.15. The van der Waals surface area contributed by atoms with Crippen LogP contribution in [0.1, 0.15) is 5.56 Å². The molecule has 0 fully saturated rings. The highest BCUT2D eigenvalue weighted by molar-refractivity contribution is 6.31. The van der Waals surface area contributed by atoms with Gasteiger partial charge in [-0.3, -0.25) is 9.78 Å². The average Bonchev–Trinajstić information content (AvgIpc) is 2.16. The molecule has 15 heavy (non-hydrogen) atoms. The van der Waals surface area contributed by atoms with Gasteiger partial charge in [-0.25, -0.2) is 0 Å². The smallest absolute Gasteiger partial charge is 0.307 e. The van der Waals surface area contributed by atoms with Crippen molar-refractivity contribution in [3.05, 3.63) is 41.0 Å². The van der Waals surface area contributed by atoms with Gasteiger partial charge in [-0.15, -0.1) is 0 Å². The third-order valence-electron chi connectivity index (χ3n) is 2.07. The zero-order valence-electron chi connectivity index (χ0n) is 7.77. The summed E-state index contributed by atoms with van der Waals surface area (Å²) in [6.45, 7) is 0. The van der Waals surface area contributed by atoms with E-state index in [1.807, 2.05) is 0 Å². The molecule has 0 radical (unpaired) electrons. The molecule has 0 aliphatic carbocycles. The van der Waals surface area contributed by atoms with Gasteiger partial charge in [0.05, 0.1) is 17.0 Å². The summed E-state index contributed by atoms with van der Waals surface area (Å²) in [5.41, 5.74) is 1.56. The van der Waals surface area contributed by atoms with Crippen LogP contribution in [0.2, 0.25) is 5.02 Å². The van der Waals surface area contributed by atoms with Crippen LogP contribution in [0.25, 0.3) is 10.9 Å². The Morgan fingerprint density at radius 1 is 1.40 bits per heavy atom. The van der Waals surface area contributed by atoms with Crippen molar-refractivity contribution in [1.82, 2.24) is 4.98 Å². The molecular formula is C11H8ClNO2. The fraction of sp³-hybridized carbons (Fsp3) is 0.0909. The molecule has 0 spiro atoms. The van der Waals surface area contributed by atoms with E-state index in [1.165, 1.54) is 0 Å². The Balaban J connectivity index is 2.49. The van der Waals surface area contributed by atoms with E-state index in [2.05, 4.69) is 4.98 Å². The third-order valence-corrected chi connectivity index (χ3v) is 2.27. The fourth-order valence-electron chi connectivity index (χ4n) is 1.44. The highest BCUT2D eigenvalue weighted by Crippen LogP contribution is 2.18. The molecule has 1 aromatic carbocycles. The molecule has 1 N–H and O–H groups in total. The van der Waals surface area contributed by atoms with Gasteiger partial charge in [-0.05, 0) is 23.8 Å². The Morgan fingerprint density at radius 2 is 2.20 bits per heavy atom. The number of carboxylic acid groups (broad SMARTS) is 1. The number of carbonyl (C=O) groups is 1. The number of rotatable bonds is 2. The summed E-state index contributed by atoms with van der Waals surface area (Å²) in [5.74, 6) is -0.843. The van der Waals surface area contributed by atoms with E-state index in [-0.39, 0.29) is 6.42 Å². The monoisotopic (exact) mass is 221 g/mol. The molecule has 0 unspecified atom stereocenters. The minimum atomic E-state index is -0.843. The number of carboxylic acids is 1. The number of fused-ring (bicyclic) bond motifs is 1. The molecule has 76 valence electrons. The first-order valence-corrected chi connectivity index (χ1v) is 4.79. The molecule has 1 heterocycles. The third kappa shape index (κ3) is 2.25. The number of benzene rings is 1. The number of nitrogens with zero attached hydrogens (tertiary/aromatic N) is 1. The fourth-order valence-corrected chi connectivity index (χ4v) is 1.61. The van der Waals surface area contributed by atoms with Crippen molar-refractivity contribution in [2.75, 3.05) is 0 Å². The maximum absolute atomic E-state index is 10.5. The minimum absolute atomic E-state index is 0.0163. The number of aliphatic carboxylic acids is 1. The Labute approximate surface area is 91.3 Å². The molecule has 0 bridgehead atoms. The Kier molecular flexibility index (Phi) is 2.56. The summed E-state index contributed by atoms with van der Waals surface area (Å²) in [6, 6.07) is 7.12. The van der Waals surface area contributed by atoms with Gasteiger partial charge in [0.2, 0.25) is 0 Å². The van der Waals surface area contributed by atoms with Crippen molar-refractivity contribution in [3.8, 4) is 0 Å². The lowest BCUT2D eigenvalue weighted by molar-refractivity contribution is -0.136. The van der Waals surface area contributed by atoms with Gasteiger partial charge in [0, 0.05) is 11.6 Å². The number of halogens is 1. The van der Waals surface area contributed by atoms with Crippen molar-refractivity contribution >= 4 is 28.5 Å². The Bertz CT molecular complexity index is 525. The summed E-state index contributed by atoms with van der Waals surface area (Å²) in [4.78, 5) is 14.7. The van der Waals surface area contributed by atoms with Crippen LogP contribution in [0.15, 0.2) is 30.5 Å². The van der Waals surface area contributed by atoms with Gasteiger partial charge in [-0.1, -0.05) is 17.7 Å². The molecule has 2 rings (SSSR count). The second-order valence-corrected chi connectivity index (χ2v) is 3.69. The van der Waals surface area contributed by atoms with Crippen LogP contribution in [-0.2, 0) is 11.2 Å². The molecule has 0 aliphatic heterocycles. The van der Waals surface area contributed by atoms with Crippen LogP contribution in [-0.4, -0.2) is 16.1 Å². The maximum Gasteiger partial charge on any atom is 0.307 e. The van der Waals surface area contributed by atoms with Crippen LogP contribution in [0.3, 0.4) is 0 Å². The van der Waals surface area contributed by atoms with Gasteiger partial charge in [0.15, 0.2) is 0 Å². The second kappa shape index (κ2) is 3.87. The number of hydrogen-bond donors (Lipinski definition) is 1. The molecule has 3 nitrogen and oxygen atoms in total. The van der Waals surface area contributed by atoms with Crippen LogP contribution < -0.4 is 0 Å². The van der Waals surface area contributed by atoms with E-state index in [4.69, 9.17) is 16.7 Å². The van der Waals surface area contributed by atoms with Crippen LogP contribution in [0, 0.1) is 0 Å². The quantitative estimate of drug-likeness (QED) is 0.848. The zero-order valence-corrected chi connectivity index (χ0v) is 8.53. The van der Waals surface area contributed by atoms with Gasteiger partial charge < -0.3 is 5.11 Å². The number of pyridine rings is 1. The molecule has 1 aromatic heterocycles. The van der Waals surface area contributed by atoms with Crippen LogP contribution in [0.5, 0.6) is 0 Å². The Morgan fingerprint density at radius 3 is 2.93 bits per heavy atom. The molecule has 0 aliphatic rings.